The predicted molar refractivity (Wildman–Crippen MR) is 86.1 cm³/mol. The Morgan fingerprint density at radius 1 is 1.08 bits per heavy atom. The average molecular weight is 347 g/mol. The van der Waals surface area contributed by atoms with Gasteiger partial charge in [0.2, 0.25) is 0 Å². The van der Waals surface area contributed by atoms with Crippen LogP contribution in [0.4, 0.5) is 18.9 Å². The van der Waals surface area contributed by atoms with Crippen LogP contribution in [0.25, 0.3) is 0 Å². The van der Waals surface area contributed by atoms with Crippen LogP contribution in [0.2, 0.25) is 0 Å². The third-order valence-electron chi connectivity index (χ3n) is 4.79. The minimum Gasteiger partial charge on any atom is -0.454 e. The number of nitrogens with two attached hydrogens (primary N) is 1. The summed E-state index contributed by atoms with van der Waals surface area (Å²) in [6, 6.07) is 8.88. The fourth-order valence-corrected chi connectivity index (χ4v) is 3.37. The van der Waals surface area contributed by atoms with Gasteiger partial charge in [0.1, 0.15) is 6.10 Å². The molecular weight excluding hydrogens is 331 g/mol. The van der Waals surface area contributed by atoms with Gasteiger partial charge in [-0.05, 0) is 54.2 Å². The van der Waals surface area contributed by atoms with E-state index in [2.05, 4.69) is 0 Å². The van der Waals surface area contributed by atoms with E-state index in [0.717, 1.165) is 35.6 Å². The molecule has 0 bridgehead atoms. The molecule has 0 amide bonds. The number of cyclic esters (lactones) is 1. The van der Waals surface area contributed by atoms with Gasteiger partial charge in [0, 0.05) is 17.7 Å². The predicted octanol–water partition coefficient (Wildman–Crippen LogP) is 4.62. The number of esters is 1. The van der Waals surface area contributed by atoms with Gasteiger partial charge in [-0.25, -0.2) is 4.79 Å². The third-order valence-corrected chi connectivity index (χ3v) is 4.79. The number of ether oxygens (including phenoxy) is 1. The molecule has 130 valence electrons. The summed E-state index contributed by atoms with van der Waals surface area (Å²) in [5, 5.41) is 0. The van der Waals surface area contributed by atoms with Gasteiger partial charge in [-0.1, -0.05) is 12.1 Å². The monoisotopic (exact) mass is 347 g/mol. The van der Waals surface area contributed by atoms with Crippen LogP contribution in [-0.2, 0) is 17.3 Å². The van der Waals surface area contributed by atoms with Crippen molar-refractivity contribution in [2.75, 3.05) is 5.73 Å². The zero-order valence-corrected chi connectivity index (χ0v) is 13.3. The molecule has 4 rings (SSSR count). The SMILES string of the molecule is Nc1ccc2c(c1)C(=O)OC2Cc1ccc(C(F)(F)F)cc1C1CC1. The van der Waals surface area contributed by atoms with E-state index in [-0.39, 0.29) is 5.92 Å². The topological polar surface area (TPSA) is 52.3 Å². The van der Waals surface area contributed by atoms with Gasteiger partial charge in [-0.2, -0.15) is 13.2 Å². The second-order valence-electron chi connectivity index (χ2n) is 6.63. The summed E-state index contributed by atoms with van der Waals surface area (Å²) in [6.07, 6.45) is -2.69. The molecule has 1 atom stereocenters. The van der Waals surface area contributed by atoms with Crippen molar-refractivity contribution in [2.24, 2.45) is 0 Å². The fourth-order valence-electron chi connectivity index (χ4n) is 3.37. The molecule has 0 aromatic heterocycles. The van der Waals surface area contributed by atoms with E-state index in [1.165, 1.54) is 12.1 Å². The minimum absolute atomic E-state index is 0.167. The molecule has 6 heteroatoms. The van der Waals surface area contributed by atoms with Crippen molar-refractivity contribution in [2.45, 2.75) is 37.5 Å². The lowest BCUT2D eigenvalue weighted by Crippen LogP contribution is -2.09. The van der Waals surface area contributed by atoms with Gasteiger partial charge >= 0.3 is 12.1 Å². The van der Waals surface area contributed by atoms with Crippen LogP contribution in [0.3, 0.4) is 0 Å². The third kappa shape index (κ3) is 2.97. The van der Waals surface area contributed by atoms with Gasteiger partial charge < -0.3 is 10.5 Å². The zero-order chi connectivity index (χ0) is 17.8. The van der Waals surface area contributed by atoms with Crippen molar-refractivity contribution in [3.63, 3.8) is 0 Å². The van der Waals surface area contributed by atoms with Gasteiger partial charge in [0.25, 0.3) is 0 Å². The number of hydrogen-bond acceptors (Lipinski definition) is 3. The van der Waals surface area contributed by atoms with E-state index >= 15 is 0 Å². The van der Waals surface area contributed by atoms with Crippen LogP contribution in [0, 0.1) is 0 Å². The maximum absolute atomic E-state index is 13.0. The molecule has 0 spiro atoms. The molecule has 2 aliphatic rings. The van der Waals surface area contributed by atoms with E-state index in [1.54, 1.807) is 18.2 Å². The smallest absolute Gasteiger partial charge is 0.416 e. The summed E-state index contributed by atoms with van der Waals surface area (Å²) in [4.78, 5) is 12.0. The first-order chi connectivity index (χ1) is 11.8. The number of hydrogen-bond donors (Lipinski definition) is 1. The minimum atomic E-state index is -4.36. The van der Waals surface area contributed by atoms with E-state index < -0.39 is 23.8 Å². The van der Waals surface area contributed by atoms with Crippen LogP contribution in [0.1, 0.15) is 57.5 Å². The van der Waals surface area contributed by atoms with Crippen LogP contribution in [0.5, 0.6) is 0 Å². The maximum atomic E-state index is 13.0. The van der Waals surface area contributed by atoms with Crippen molar-refractivity contribution in [3.05, 3.63) is 64.2 Å². The number of halogens is 3. The second kappa shape index (κ2) is 5.51. The normalized spacial score (nSPS) is 19.6. The van der Waals surface area contributed by atoms with Gasteiger partial charge in [0.05, 0.1) is 11.1 Å². The Bertz CT molecular complexity index is 856. The molecule has 2 aromatic carbocycles. The molecule has 3 nitrogen and oxygen atoms in total. The first kappa shape index (κ1) is 16.0. The first-order valence-electron chi connectivity index (χ1n) is 8.13. The number of anilines is 1. The summed E-state index contributed by atoms with van der Waals surface area (Å²) in [5.74, 6) is -0.271. The summed E-state index contributed by atoms with van der Waals surface area (Å²) in [5.41, 5.74) is 8.25. The Kier molecular flexibility index (Phi) is 3.52. The highest BCUT2D eigenvalue weighted by molar-refractivity contribution is 5.95. The van der Waals surface area contributed by atoms with E-state index in [1.807, 2.05) is 0 Å². The van der Waals surface area contributed by atoms with Crippen molar-refractivity contribution in [1.29, 1.82) is 0 Å². The Hall–Kier alpha value is -2.50. The standard InChI is InChI=1S/C19H16F3NO2/c20-19(21,22)12-4-3-11(15(8-12)10-1-2-10)7-17-14-6-5-13(23)9-16(14)18(24)25-17/h3-6,8-10,17H,1-2,7,23H2. The van der Waals surface area contributed by atoms with Crippen molar-refractivity contribution < 1.29 is 22.7 Å². The molecule has 1 aliphatic carbocycles. The molecule has 0 saturated heterocycles. The Morgan fingerprint density at radius 3 is 2.52 bits per heavy atom. The molecule has 1 saturated carbocycles. The Balaban J connectivity index is 1.67. The lowest BCUT2D eigenvalue weighted by atomic mass is 9.93. The first-order valence-corrected chi connectivity index (χ1v) is 8.13. The van der Waals surface area contributed by atoms with Crippen molar-refractivity contribution in [3.8, 4) is 0 Å². The molecule has 0 radical (unpaired) electrons. The number of carbonyl (C=O) groups is 1. The highest BCUT2D eigenvalue weighted by Gasteiger charge is 2.36. The van der Waals surface area contributed by atoms with Crippen LogP contribution in [0.15, 0.2) is 36.4 Å². The van der Waals surface area contributed by atoms with E-state index in [0.29, 0.717) is 17.7 Å². The molecule has 2 N–H and O–H groups in total. The molecule has 1 heterocycles. The highest BCUT2D eigenvalue weighted by atomic mass is 19.4. The van der Waals surface area contributed by atoms with Crippen LogP contribution in [-0.4, -0.2) is 5.97 Å². The lowest BCUT2D eigenvalue weighted by Gasteiger charge is -2.16. The number of fused-ring (bicyclic) bond motifs is 1. The summed E-state index contributed by atoms with van der Waals surface area (Å²) >= 11 is 0. The molecule has 1 aliphatic heterocycles. The molecule has 2 aromatic rings. The molecule has 25 heavy (non-hydrogen) atoms. The summed E-state index contributed by atoms with van der Waals surface area (Å²) in [7, 11) is 0. The van der Waals surface area contributed by atoms with Crippen molar-refractivity contribution in [1.82, 2.24) is 0 Å². The quantitative estimate of drug-likeness (QED) is 0.651. The second-order valence-corrected chi connectivity index (χ2v) is 6.63. The average Bonchev–Trinajstić information content (AvgIpc) is 3.34. The maximum Gasteiger partial charge on any atom is 0.416 e. The molecule has 1 fully saturated rings. The Labute approximate surface area is 142 Å². The number of rotatable bonds is 3. The van der Waals surface area contributed by atoms with Gasteiger partial charge in [-0.15, -0.1) is 0 Å². The molecular formula is C19H16F3NO2. The largest absolute Gasteiger partial charge is 0.454 e. The van der Waals surface area contributed by atoms with Crippen LogP contribution < -0.4 is 5.73 Å². The summed E-state index contributed by atoms with van der Waals surface area (Å²) in [6.45, 7) is 0. The Morgan fingerprint density at radius 2 is 1.84 bits per heavy atom. The number of alkyl halides is 3. The lowest BCUT2D eigenvalue weighted by molar-refractivity contribution is -0.137. The fraction of sp³-hybridized carbons (Fsp3) is 0.316. The number of nitrogen functional groups attached to an aromatic ring is 1. The number of benzene rings is 2. The molecule has 1 unspecified atom stereocenters. The van der Waals surface area contributed by atoms with E-state index in [9.17, 15) is 18.0 Å². The number of carbonyl (C=O) groups excluding carboxylic acids is 1. The van der Waals surface area contributed by atoms with Gasteiger partial charge in [0.15, 0.2) is 0 Å². The van der Waals surface area contributed by atoms with Gasteiger partial charge in [-0.3, -0.25) is 0 Å². The highest BCUT2D eigenvalue weighted by Crippen LogP contribution is 2.45. The summed E-state index contributed by atoms with van der Waals surface area (Å²) < 4.78 is 44.4. The zero-order valence-electron chi connectivity index (χ0n) is 13.3. The van der Waals surface area contributed by atoms with Crippen LogP contribution >= 0.6 is 0 Å². The van der Waals surface area contributed by atoms with Crippen molar-refractivity contribution >= 4 is 11.7 Å². The van der Waals surface area contributed by atoms with E-state index in [4.69, 9.17) is 10.5 Å².